The van der Waals surface area contributed by atoms with Crippen molar-refractivity contribution in [2.45, 2.75) is 19.4 Å². The predicted octanol–water partition coefficient (Wildman–Crippen LogP) is 1.40. The second kappa shape index (κ2) is 2.95. The molecule has 4 nitrogen and oxygen atoms in total. The summed E-state index contributed by atoms with van der Waals surface area (Å²) < 4.78 is 15.9. The van der Waals surface area contributed by atoms with E-state index in [1.165, 1.54) is 27.2 Å². The van der Waals surface area contributed by atoms with Crippen LogP contribution >= 0.6 is 7.37 Å². The van der Waals surface area contributed by atoms with Gasteiger partial charge in [-0.3, -0.25) is 4.57 Å². The van der Waals surface area contributed by atoms with E-state index in [0.717, 1.165) is 0 Å². The lowest BCUT2D eigenvalue weighted by molar-refractivity contribution is -0.152. The van der Waals surface area contributed by atoms with E-state index in [0.29, 0.717) is 0 Å². The third-order valence-electron chi connectivity index (χ3n) is 0.963. The van der Waals surface area contributed by atoms with E-state index in [1.807, 2.05) is 0 Å². The number of carbonyl (C=O) groups is 1. The Kier molecular flexibility index (Phi) is 2.86. The summed E-state index contributed by atoms with van der Waals surface area (Å²) in [7, 11) is -2.72. The molecule has 0 aliphatic rings. The van der Waals surface area contributed by atoms with E-state index in [-0.39, 0.29) is 0 Å². The summed E-state index contributed by atoms with van der Waals surface area (Å²) >= 11 is 0. The molecule has 0 atom stereocenters. The molecule has 0 bridgehead atoms. The molecule has 0 aliphatic carbocycles. The lowest BCUT2D eigenvalue weighted by Crippen LogP contribution is -2.33. The fourth-order valence-electron chi connectivity index (χ4n) is 0.589. The zero-order valence-electron chi connectivity index (χ0n) is 7.12. The van der Waals surface area contributed by atoms with Crippen LogP contribution in [0.5, 0.6) is 0 Å². The van der Waals surface area contributed by atoms with Crippen LogP contribution in [0.3, 0.4) is 0 Å². The van der Waals surface area contributed by atoms with Crippen molar-refractivity contribution < 1.29 is 19.0 Å². The van der Waals surface area contributed by atoms with E-state index in [2.05, 4.69) is 0 Å². The first-order valence-corrected chi connectivity index (χ1v) is 5.66. The van der Waals surface area contributed by atoms with Crippen molar-refractivity contribution in [2.24, 2.45) is 0 Å². The highest BCUT2D eigenvalue weighted by Crippen LogP contribution is 2.42. The highest BCUT2D eigenvalue weighted by atomic mass is 31.2. The molecule has 0 aliphatic heterocycles. The molecule has 5 heteroatoms. The smallest absolute Gasteiger partial charge is 0.335 e. The molecular weight excluding hydrogens is 167 g/mol. The monoisotopic (exact) mass is 180 g/mol. The van der Waals surface area contributed by atoms with Crippen molar-refractivity contribution in [3.63, 3.8) is 0 Å². The second-order valence-corrected chi connectivity index (χ2v) is 5.85. The quantitative estimate of drug-likeness (QED) is 0.667. The van der Waals surface area contributed by atoms with Gasteiger partial charge < -0.3 is 9.63 Å². The van der Waals surface area contributed by atoms with Gasteiger partial charge in [0.2, 0.25) is 0 Å². The van der Waals surface area contributed by atoms with E-state index in [1.54, 1.807) is 0 Å². The lowest BCUT2D eigenvalue weighted by Gasteiger charge is -2.22. The van der Waals surface area contributed by atoms with Crippen molar-refractivity contribution in [3.8, 4) is 0 Å². The third kappa shape index (κ3) is 4.17. The first kappa shape index (κ1) is 10.7. The van der Waals surface area contributed by atoms with Gasteiger partial charge in [0.1, 0.15) is 0 Å². The SMILES string of the molecule is CC(C)(OP(C)(C)=O)C(=O)O. The maximum atomic E-state index is 11.0. The highest BCUT2D eigenvalue weighted by molar-refractivity contribution is 7.57. The molecule has 0 aromatic heterocycles. The van der Waals surface area contributed by atoms with E-state index >= 15 is 0 Å². The summed E-state index contributed by atoms with van der Waals surface area (Å²) in [4.78, 5) is 10.5. The summed E-state index contributed by atoms with van der Waals surface area (Å²) in [5.74, 6) is -1.11. The molecule has 0 radical (unpaired) electrons. The molecule has 0 amide bonds. The number of carboxylic acid groups (broad SMARTS) is 1. The minimum absolute atomic E-state index is 1.11. The van der Waals surface area contributed by atoms with Crippen LogP contribution < -0.4 is 0 Å². The van der Waals surface area contributed by atoms with Crippen molar-refractivity contribution in [1.82, 2.24) is 0 Å². The topological polar surface area (TPSA) is 63.6 Å². The third-order valence-corrected chi connectivity index (χ3v) is 1.86. The number of hydrogen-bond donors (Lipinski definition) is 1. The van der Waals surface area contributed by atoms with E-state index in [9.17, 15) is 9.36 Å². The van der Waals surface area contributed by atoms with Crippen LogP contribution in [0.2, 0.25) is 0 Å². The molecule has 0 fully saturated rings. The van der Waals surface area contributed by atoms with Crippen molar-refractivity contribution in [3.05, 3.63) is 0 Å². The van der Waals surface area contributed by atoms with Crippen LogP contribution in [-0.4, -0.2) is 30.0 Å². The van der Waals surface area contributed by atoms with Crippen LogP contribution in [-0.2, 0) is 13.9 Å². The zero-order chi connectivity index (χ0) is 9.28. The fourth-order valence-corrected chi connectivity index (χ4v) is 1.77. The van der Waals surface area contributed by atoms with Crippen LogP contribution in [0.15, 0.2) is 0 Å². The Morgan fingerprint density at radius 3 is 1.91 bits per heavy atom. The maximum Gasteiger partial charge on any atom is 0.335 e. The molecule has 0 saturated carbocycles. The van der Waals surface area contributed by atoms with Gasteiger partial charge in [0, 0.05) is 13.3 Å². The Balaban J connectivity index is 4.37. The summed E-state index contributed by atoms with van der Waals surface area (Å²) in [6, 6.07) is 0. The van der Waals surface area contributed by atoms with Gasteiger partial charge in [0.15, 0.2) is 13.0 Å². The van der Waals surface area contributed by atoms with Gasteiger partial charge in [-0.1, -0.05) is 0 Å². The summed E-state index contributed by atoms with van der Waals surface area (Å²) in [6.07, 6.45) is 0. The van der Waals surface area contributed by atoms with Gasteiger partial charge in [0.25, 0.3) is 0 Å². The molecule has 0 unspecified atom stereocenters. The molecular formula is C6H13O4P. The van der Waals surface area contributed by atoms with Gasteiger partial charge in [0.05, 0.1) is 0 Å². The summed E-state index contributed by atoms with van der Waals surface area (Å²) in [5.41, 5.74) is -1.36. The number of hydrogen-bond acceptors (Lipinski definition) is 3. The van der Waals surface area contributed by atoms with Crippen molar-refractivity contribution in [2.75, 3.05) is 13.3 Å². The maximum absolute atomic E-state index is 11.0. The molecule has 0 saturated heterocycles. The van der Waals surface area contributed by atoms with Gasteiger partial charge in [-0.15, -0.1) is 0 Å². The Morgan fingerprint density at radius 2 is 1.82 bits per heavy atom. The average molecular weight is 180 g/mol. The highest BCUT2D eigenvalue weighted by Gasteiger charge is 2.32. The van der Waals surface area contributed by atoms with Crippen molar-refractivity contribution >= 4 is 13.3 Å². The van der Waals surface area contributed by atoms with Gasteiger partial charge in [-0.05, 0) is 13.8 Å². The normalized spacial score (nSPS) is 13.1. The average Bonchev–Trinajstić information content (AvgIpc) is 1.56. The first-order valence-electron chi connectivity index (χ1n) is 3.14. The fraction of sp³-hybridized carbons (Fsp3) is 0.833. The molecule has 0 heterocycles. The Bertz CT molecular complexity index is 203. The van der Waals surface area contributed by atoms with E-state index < -0.39 is 18.9 Å². The lowest BCUT2D eigenvalue weighted by atomic mass is 10.1. The van der Waals surface area contributed by atoms with Gasteiger partial charge >= 0.3 is 5.97 Å². The van der Waals surface area contributed by atoms with Crippen LogP contribution in [0, 0.1) is 0 Å². The van der Waals surface area contributed by atoms with Crippen LogP contribution in [0.4, 0.5) is 0 Å². The predicted molar refractivity (Wildman–Crippen MR) is 42.3 cm³/mol. The number of rotatable bonds is 3. The van der Waals surface area contributed by atoms with Gasteiger partial charge in [-0.2, -0.15) is 0 Å². The number of aliphatic carboxylic acids is 1. The standard InChI is InChI=1S/C6H13O4P/c1-6(2,5(7)8)10-11(3,4)9/h1-4H3,(H,7,8). The Morgan fingerprint density at radius 1 is 1.45 bits per heavy atom. The largest absolute Gasteiger partial charge is 0.479 e. The molecule has 0 spiro atoms. The molecule has 11 heavy (non-hydrogen) atoms. The second-order valence-electron chi connectivity index (χ2n) is 3.16. The molecule has 0 aromatic carbocycles. The molecule has 66 valence electrons. The van der Waals surface area contributed by atoms with Crippen LogP contribution in [0.1, 0.15) is 13.8 Å². The first-order chi connectivity index (χ1) is 4.65. The van der Waals surface area contributed by atoms with E-state index in [4.69, 9.17) is 9.63 Å². The number of carboxylic acids is 1. The Hall–Kier alpha value is -0.340. The van der Waals surface area contributed by atoms with Crippen LogP contribution in [0.25, 0.3) is 0 Å². The molecule has 0 rings (SSSR count). The molecule has 0 aromatic rings. The molecule has 1 N–H and O–H groups in total. The minimum Gasteiger partial charge on any atom is -0.479 e. The van der Waals surface area contributed by atoms with Crippen molar-refractivity contribution in [1.29, 1.82) is 0 Å². The zero-order valence-corrected chi connectivity index (χ0v) is 8.01. The summed E-state index contributed by atoms with van der Waals surface area (Å²) in [5, 5.41) is 8.56. The van der Waals surface area contributed by atoms with Gasteiger partial charge in [-0.25, -0.2) is 4.79 Å². The minimum atomic E-state index is -2.72. The summed E-state index contributed by atoms with van der Waals surface area (Å²) in [6.45, 7) is 5.51. The Labute approximate surface area is 66.0 Å².